The fourth-order valence-corrected chi connectivity index (χ4v) is 3.61. The molecule has 2 amide bonds. The van der Waals surface area contributed by atoms with Crippen molar-refractivity contribution in [2.24, 2.45) is 0 Å². The number of urea groups is 1. The third-order valence-electron chi connectivity index (χ3n) is 4.02. The zero-order chi connectivity index (χ0) is 18.4. The summed E-state index contributed by atoms with van der Waals surface area (Å²) in [6.07, 6.45) is 0. The largest absolute Gasteiger partial charge is 0.463 e. The van der Waals surface area contributed by atoms with Gasteiger partial charge in [-0.15, -0.1) is 11.3 Å². The van der Waals surface area contributed by atoms with E-state index >= 15 is 0 Å². The maximum absolute atomic E-state index is 12.2. The normalized spacial score (nSPS) is 15.2. The van der Waals surface area contributed by atoms with Gasteiger partial charge in [-0.05, 0) is 23.9 Å². The van der Waals surface area contributed by atoms with Crippen LogP contribution in [0.1, 0.15) is 23.4 Å². The van der Waals surface area contributed by atoms with E-state index in [2.05, 4.69) is 34.1 Å². The van der Waals surface area contributed by atoms with Crippen LogP contribution in [-0.4, -0.2) is 31.7 Å². The van der Waals surface area contributed by atoms with Crippen LogP contribution in [-0.2, 0) is 9.53 Å². The second-order valence-electron chi connectivity index (χ2n) is 5.73. The summed E-state index contributed by atoms with van der Waals surface area (Å²) in [7, 11) is 0. The van der Waals surface area contributed by atoms with Crippen LogP contribution in [0.15, 0.2) is 59.1 Å². The third kappa shape index (κ3) is 4.30. The van der Waals surface area contributed by atoms with Crippen molar-refractivity contribution in [2.75, 3.05) is 19.7 Å². The Morgan fingerprint density at radius 1 is 1.27 bits per heavy atom. The molecule has 1 aromatic carbocycles. The van der Waals surface area contributed by atoms with Gasteiger partial charge in [0.1, 0.15) is 0 Å². The van der Waals surface area contributed by atoms with Crippen LogP contribution in [0.3, 0.4) is 0 Å². The van der Waals surface area contributed by atoms with Gasteiger partial charge in [0.25, 0.3) is 0 Å². The molecule has 2 aromatic rings. The van der Waals surface area contributed by atoms with E-state index in [1.165, 1.54) is 0 Å². The van der Waals surface area contributed by atoms with E-state index in [0.29, 0.717) is 24.4 Å². The van der Waals surface area contributed by atoms with Gasteiger partial charge in [0, 0.05) is 17.1 Å². The fraction of sp³-hybridized carbons (Fsp3) is 0.263. The lowest BCUT2D eigenvalue weighted by Crippen LogP contribution is -2.46. The average Bonchev–Trinajstić information content (AvgIpc) is 3.17. The van der Waals surface area contributed by atoms with Crippen LogP contribution in [0.4, 0.5) is 4.79 Å². The van der Waals surface area contributed by atoms with Gasteiger partial charge < -0.3 is 15.4 Å². The lowest BCUT2D eigenvalue weighted by atomic mass is 10.0. The average molecular weight is 371 g/mol. The van der Waals surface area contributed by atoms with E-state index in [9.17, 15) is 9.59 Å². The van der Waals surface area contributed by atoms with Crippen LogP contribution in [0.5, 0.6) is 0 Å². The maximum atomic E-state index is 12.2. The van der Waals surface area contributed by atoms with Gasteiger partial charge in [0.2, 0.25) is 0 Å². The van der Waals surface area contributed by atoms with Crippen molar-refractivity contribution in [3.63, 3.8) is 0 Å². The third-order valence-corrected chi connectivity index (χ3v) is 4.96. The Kier molecular flexibility index (Phi) is 6.04. The summed E-state index contributed by atoms with van der Waals surface area (Å²) in [5.41, 5.74) is 2.11. The van der Waals surface area contributed by atoms with Crippen molar-refractivity contribution in [3.05, 3.63) is 69.6 Å². The molecule has 1 aromatic heterocycles. The number of carbonyl (C=O) groups excluding carboxylic acids is 2. The van der Waals surface area contributed by atoms with Crippen molar-refractivity contribution in [1.29, 1.82) is 0 Å². The van der Waals surface area contributed by atoms with Crippen LogP contribution in [0.25, 0.3) is 0 Å². The Labute approximate surface area is 156 Å². The summed E-state index contributed by atoms with van der Waals surface area (Å²) in [5.74, 6) is -0.413. The quantitative estimate of drug-likeness (QED) is 0.654. The van der Waals surface area contributed by atoms with E-state index in [1.807, 2.05) is 29.6 Å². The molecule has 0 saturated heterocycles. The Balaban J connectivity index is 1.82. The molecule has 136 valence electrons. The second-order valence-corrected chi connectivity index (χ2v) is 6.70. The number of nitrogens with one attached hydrogen (secondary N) is 3. The predicted octanol–water partition coefficient (Wildman–Crippen LogP) is 2.56. The van der Waals surface area contributed by atoms with E-state index in [4.69, 9.17) is 4.74 Å². The van der Waals surface area contributed by atoms with Crippen LogP contribution < -0.4 is 16.0 Å². The van der Waals surface area contributed by atoms with Crippen molar-refractivity contribution >= 4 is 23.3 Å². The summed E-state index contributed by atoms with van der Waals surface area (Å²) >= 11 is 1.66. The lowest BCUT2D eigenvalue weighted by Gasteiger charge is -2.24. The second kappa shape index (κ2) is 8.64. The Morgan fingerprint density at radius 2 is 2.08 bits per heavy atom. The first-order chi connectivity index (χ1) is 12.7. The molecule has 1 unspecified atom stereocenters. The topological polar surface area (TPSA) is 79.5 Å². The Bertz CT molecular complexity index is 788. The number of amides is 2. The molecule has 1 aliphatic rings. The highest BCUT2D eigenvalue weighted by Crippen LogP contribution is 2.26. The van der Waals surface area contributed by atoms with E-state index < -0.39 is 5.97 Å². The minimum atomic E-state index is -0.413. The number of thiophene rings is 1. The van der Waals surface area contributed by atoms with Crippen molar-refractivity contribution in [2.45, 2.75) is 13.0 Å². The van der Waals surface area contributed by atoms with Crippen molar-refractivity contribution in [1.82, 2.24) is 16.0 Å². The van der Waals surface area contributed by atoms with Crippen molar-refractivity contribution in [3.8, 4) is 0 Å². The Morgan fingerprint density at radius 3 is 2.77 bits per heavy atom. The SMILES string of the molecule is CCOC(=O)C1=C(CNC(c2ccccc2)c2cccs2)NC(=O)NC1. The lowest BCUT2D eigenvalue weighted by molar-refractivity contribution is -0.138. The predicted molar refractivity (Wildman–Crippen MR) is 101 cm³/mol. The molecule has 3 rings (SSSR count). The maximum Gasteiger partial charge on any atom is 0.337 e. The summed E-state index contributed by atoms with van der Waals surface area (Å²) in [6.45, 7) is 2.56. The van der Waals surface area contributed by atoms with Gasteiger partial charge in [-0.25, -0.2) is 9.59 Å². The number of benzene rings is 1. The standard InChI is InChI=1S/C19H21N3O3S/c1-2-25-18(23)14-11-21-19(24)22-15(14)12-20-17(16-9-6-10-26-16)13-7-4-3-5-8-13/h3-10,17,20H,2,11-12H2,1H3,(H2,21,22,24). The number of rotatable bonds is 7. The summed E-state index contributed by atoms with van der Waals surface area (Å²) in [5, 5.41) is 10.8. The van der Waals surface area contributed by atoms with Crippen molar-refractivity contribution < 1.29 is 14.3 Å². The Hall–Kier alpha value is -2.64. The van der Waals surface area contributed by atoms with Gasteiger partial charge in [-0.2, -0.15) is 0 Å². The highest BCUT2D eigenvalue weighted by Gasteiger charge is 2.24. The van der Waals surface area contributed by atoms with E-state index in [-0.39, 0.29) is 18.6 Å². The molecule has 7 heteroatoms. The van der Waals surface area contributed by atoms with Crippen LogP contribution in [0, 0.1) is 0 Å². The molecule has 2 heterocycles. The summed E-state index contributed by atoms with van der Waals surface area (Å²) in [6, 6.07) is 13.8. The zero-order valence-electron chi connectivity index (χ0n) is 14.5. The van der Waals surface area contributed by atoms with E-state index in [1.54, 1.807) is 18.3 Å². The smallest absolute Gasteiger partial charge is 0.337 e. The van der Waals surface area contributed by atoms with Gasteiger partial charge in [-0.1, -0.05) is 36.4 Å². The molecule has 0 fully saturated rings. The first-order valence-electron chi connectivity index (χ1n) is 8.44. The molecule has 0 bridgehead atoms. The first-order valence-corrected chi connectivity index (χ1v) is 9.32. The summed E-state index contributed by atoms with van der Waals surface area (Å²) < 4.78 is 5.10. The molecule has 3 N–H and O–H groups in total. The summed E-state index contributed by atoms with van der Waals surface area (Å²) in [4.78, 5) is 25.0. The number of hydrogen-bond donors (Lipinski definition) is 3. The van der Waals surface area contributed by atoms with Crippen LogP contribution in [0.2, 0.25) is 0 Å². The highest BCUT2D eigenvalue weighted by molar-refractivity contribution is 7.10. The fourth-order valence-electron chi connectivity index (χ4n) is 2.78. The van der Waals surface area contributed by atoms with Gasteiger partial charge >= 0.3 is 12.0 Å². The molecule has 0 spiro atoms. The van der Waals surface area contributed by atoms with E-state index in [0.717, 1.165) is 10.4 Å². The number of carbonyl (C=O) groups is 2. The molecular weight excluding hydrogens is 350 g/mol. The molecule has 26 heavy (non-hydrogen) atoms. The molecule has 6 nitrogen and oxygen atoms in total. The molecule has 0 radical (unpaired) electrons. The van der Waals surface area contributed by atoms with Crippen LogP contribution >= 0.6 is 11.3 Å². The molecule has 1 atom stereocenters. The molecule has 0 aliphatic carbocycles. The zero-order valence-corrected chi connectivity index (χ0v) is 15.3. The monoisotopic (exact) mass is 371 g/mol. The molecular formula is C19H21N3O3S. The molecule has 1 aliphatic heterocycles. The molecule has 0 saturated carbocycles. The number of esters is 1. The van der Waals surface area contributed by atoms with Gasteiger partial charge in [-0.3, -0.25) is 5.32 Å². The minimum Gasteiger partial charge on any atom is -0.463 e. The minimum absolute atomic E-state index is 0.0288. The van der Waals surface area contributed by atoms with Gasteiger partial charge in [0.15, 0.2) is 0 Å². The highest BCUT2D eigenvalue weighted by atomic mass is 32.1. The number of ether oxygens (including phenoxy) is 1. The number of hydrogen-bond acceptors (Lipinski definition) is 5. The van der Waals surface area contributed by atoms with Gasteiger partial charge in [0.05, 0.1) is 24.8 Å². The first kappa shape index (κ1) is 18.2.